The predicted octanol–water partition coefficient (Wildman–Crippen LogP) is 3.38. The Morgan fingerprint density at radius 1 is 1.36 bits per heavy atom. The largest absolute Gasteiger partial charge is 0.326 e. The highest BCUT2D eigenvalue weighted by Crippen LogP contribution is 2.20. The van der Waals surface area contributed by atoms with Gasteiger partial charge >= 0.3 is 0 Å². The maximum Gasteiger partial charge on any atom is 0.238 e. The number of carbonyl (C=O) groups excluding carboxylic acids is 2. The molecule has 0 bridgehead atoms. The minimum atomic E-state index is 0.00148. The third-order valence-corrected chi connectivity index (χ3v) is 5.43. The number of hydrogen-bond acceptors (Lipinski definition) is 5. The highest BCUT2D eigenvalue weighted by atomic mass is 32.2. The van der Waals surface area contributed by atoms with Gasteiger partial charge in [-0.15, -0.1) is 11.8 Å². The lowest BCUT2D eigenvalue weighted by Gasteiger charge is -2.14. The van der Waals surface area contributed by atoms with E-state index in [2.05, 4.69) is 5.32 Å². The monoisotopic (exact) mass is 354 g/mol. The second-order valence-electron chi connectivity index (χ2n) is 4.83. The van der Waals surface area contributed by atoms with Crippen molar-refractivity contribution in [2.75, 3.05) is 23.9 Å². The summed E-state index contributed by atoms with van der Waals surface area (Å²) in [6, 6.07) is 7.78. The van der Waals surface area contributed by atoms with Crippen LogP contribution in [-0.2, 0) is 9.59 Å². The lowest BCUT2D eigenvalue weighted by Crippen LogP contribution is -2.29. The zero-order chi connectivity index (χ0) is 15.9. The van der Waals surface area contributed by atoms with E-state index in [1.54, 1.807) is 16.7 Å². The average Bonchev–Trinajstić information content (AvgIpc) is 2.83. The van der Waals surface area contributed by atoms with Crippen LogP contribution in [0.1, 0.15) is 19.3 Å². The van der Waals surface area contributed by atoms with Gasteiger partial charge in [0.1, 0.15) is 4.32 Å². The fourth-order valence-electron chi connectivity index (χ4n) is 2.05. The number of carbonyl (C=O) groups is 2. The quantitative estimate of drug-likeness (QED) is 0.462. The standard InChI is InChI=1S/C15H18N2O2S3/c1-21-12-7-5-11(6-8-12)16-13(18)4-2-3-9-17-14(19)10-22-15(17)20/h5-8H,2-4,9-10H2,1H3,(H,16,18). The first-order valence-electron chi connectivity index (χ1n) is 7.01. The Bertz CT molecular complexity index is 544. The summed E-state index contributed by atoms with van der Waals surface area (Å²) in [6.07, 6.45) is 3.99. The number of nitrogens with one attached hydrogen (secondary N) is 1. The topological polar surface area (TPSA) is 49.4 Å². The maximum absolute atomic E-state index is 11.9. The zero-order valence-corrected chi connectivity index (χ0v) is 14.8. The average molecular weight is 355 g/mol. The first-order chi connectivity index (χ1) is 10.6. The molecule has 2 amide bonds. The SMILES string of the molecule is CSc1ccc(NC(=O)CCCCN2C(=O)CSC2=S)cc1. The van der Waals surface area contributed by atoms with Crippen LogP contribution in [0, 0.1) is 0 Å². The zero-order valence-electron chi connectivity index (χ0n) is 12.3. The van der Waals surface area contributed by atoms with Crippen molar-refractivity contribution in [1.29, 1.82) is 0 Å². The van der Waals surface area contributed by atoms with E-state index in [-0.39, 0.29) is 11.8 Å². The van der Waals surface area contributed by atoms with Gasteiger partial charge in [0.2, 0.25) is 11.8 Å². The van der Waals surface area contributed by atoms with Gasteiger partial charge < -0.3 is 5.32 Å². The highest BCUT2D eigenvalue weighted by Gasteiger charge is 2.25. The Hall–Kier alpha value is -1.05. The van der Waals surface area contributed by atoms with Crippen molar-refractivity contribution >= 4 is 57.6 Å². The van der Waals surface area contributed by atoms with E-state index < -0.39 is 0 Å². The van der Waals surface area contributed by atoms with Gasteiger partial charge in [0, 0.05) is 23.5 Å². The molecule has 0 saturated carbocycles. The van der Waals surface area contributed by atoms with E-state index >= 15 is 0 Å². The lowest BCUT2D eigenvalue weighted by molar-refractivity contribution is -0.124. The molecular weight excluding hydrogens is 336 g/mol. The van der Waals surface area contributed by atoms with Crippen LogP contribution in [0.25, 0.3) is 0 Å². The number of thioether (sulfide) groups is 2. The van der Waals surface area contributed by atoms with Gasteiger partial charge in [-0.25, -0.2) is 0 Å². The molecule has 0 unspecified atom stereocenters. The Balaban J connectivity index is 1.67. The van der Waals surface area contributed by atoms with Crippen LogP contribution in [-0.4, -0.2) is 39.6 Å². The van der Waals surface area contributed by atoms with Gasteiger partial charge in [-0.3, -0.25) is 14.5 Å². The molecule has 4 nitrogen and oxygen atoms in total. The van der Waals surface area contributed by atoms with Gasteiger partial charge in [-0.05, 0) is 43.4 Å². The van der Waals surface area contributed by atoms with Gasteiger partial charge in [0.05, 0.1) is 5.75 Å². The molecule has 0 spiro atoms. The summed E-state index contributed by atoms with van der Waals surface area (Å²) in [7, 11) is 0. The second-order valence-corrected chi connectivity index (χ2v) is 7.32. The lowest BCUT2D eigenvalue weighted by atomic mass is 10.2. The molecule has 1 aliphatic heterocycles. The van der Waals surface area contributed by atoms with Crippen LogP contribution >= 0.6 is 35.7 Å². The Kier molecular flexibility index (Phi) is 6.72. The Morgan fingerprint density at radius 3 is 2.68 bits per heavy atom. The van der Waals surface area contributed by atoms with Gasteiger partial charge in [-0.1, -0.05) is 24.0 Å². The molecule has 22 heavy (non-hydrogen) atoms. The molecule has 0 atom stereocenters. The van der Waals surface area contributed by atoms with Crippen LogP contribution in [0.2, 0.25) is 0 Å². The predicted molar refractivity (Wildman–Crippen MR) is 97.5 cm³/mol. The van der Waals surface area contributed by atoms with Crippen LogP contribution in [0.4, 0.5) is 5.69 Å². The van der Waals surface area contributed by atoms with Crippen LogP contribution in [0.5, 0.6) is 0 Å². The van der Waals surface area contributed by atoms with Gasteiger partial charge in [0.15, 0.2) is 0 Å². The van der Waals surface area contributed by atoms with Crippen molar-refractivity contribution in [3.05, 3.63) is 24.3 Å². The molecule has 2 rings (SSSR count). The molecule has 1 aromatic rings. The summed E-state index contributed by atoms with van der Waals surface area (Å²) < 4.78 is 0.656. The summed E-state index contributed by atoms with van der Waals surface area (Å²) >= 11 is 8.19. The molecule has 0 aromatic heterocycles. The molecule has 0 radical (unpaired) electrons. The number of nitrogens with zero attached hydrogens (tertiary/aromatic N) is 1. The fourth-order valence-corrected chi connectivity index (χ4v) is 3.58. The van der Waals surface area contributed by atoms with Crippen molar-refractivity contribution in [3.63, 3.8) is 0 Å². The van der Waals surface area contributed by atoms with Crippen molar-refractivity contribution in [3.8, 4) is 0 Å². The van der Waals surface area contributed by atoms with Gasteiger partial charge in [0.25, 0.3) is 0 Å². The van der Waals surface area contributed by atoms with E-state index in [1.165, 1.54) is 16.7 Å². The summed E-state index contributed by atoms with van der Waals surface area (Å²) in [5.41, 5.74) is 0.815. The first kappa shape index (κ1) is 17.3. The van der Waals surface area contributed by atoms with E-state index in [9.17, 15) is 9.59 Å². The molecule has 1 heterocycles. The fraction of sp³-hybridized carbons (Fsp3) is 0.400. The molecule has 1 N–H and O–H groups in total. The van der Waals surface area contributed by atoms with Crippen LogP contribution < -0.4 is 5.32 Å². The smallest absolute Gasteiger partial charge is 0.238 e. The van der Waals surface area contributed by atoms with Crippen LogP contribution in [0.15, 0.2) is 29.2 Å². The number of unbranched alkanes of at least 4 members (excludes halogenated alkanes) is 1. The number of thiocarbonyl (C=S) groups is 1. The number of anilines is 1. The number of benzene rings is 1. The number of hydrogen-bond donors (Lipinski definition) is 1. The molecule has 1 saturated heterocycles. The molecule has 1 aliphatic rings. The summed E-state index contributed by atoms with van der Waals surface area (Å²) in [4.78, 5) is 26.2. The van der Waals surface area contributed by atoms with Crippen molar-refractivity contribution in [1.82, 2.24) is 4.90 Å². The summed E-state index contributed by atoms with van der Waals surface area (Å²) in [5, 5.41) is 2.88. The number of amides is 2. The minimum absolute atomic E-state index is 0.00148. The van der Waals surface area contributed by atoms with Crippen LogP contribution in [0.3, 0.4) is 0 Å². The van der Waals surface area contributed by atoms with Gasteiger partial charge in [-0.2, -0.15) is 0 Å². The maximum atomic E-state index is 11.9. The third kappa shape index (κ3) is 5.00. The third-order valence-electron chi connectivity index (χ3n) is 3.25. The molecule has 0 aliphatic carbocycles. The second kappa shape index (κ2) is 8.55. The van der Waals surface area contributed by atoms with E-state index in [0.29, 0.717) is 23.0 Å². The molecule has 1 fully saturated rings. The van der Waals surface area contributed by atoms with Crippen molar-refractivity contribution in [2.45, 2.75) is 24.2 Å². The summed E-state index contributed by atoms with van der Waals surface area (Å²) in [6.45, 7) is 0.611. The Morgan fingerprint density at radius 2 is 2.09 bits per heavy atom. The Labute approximate surface area is 144 Å². The van der Waals surface area contributed by atoms with Crippen molar-refractivity contribution < 1.29 is 9.59 Å². The first-order valence-corrected chi connectivity index (χ1v) is 9.63. The van der Waals surface area contributed by atoms with E-state index in [4.69, 9.17) is 12.2 Å². The van der Waals surface area contributed by atoms with Crippen molar-refractivity contribution in [2.24, 2.45) is 0 Å². The van der Waals surface area contributed by atoms with E-state index in [0.717, 1.165) is 18.5 Å². The van der Waals surface area contributed by atoms with E-state index in [1.807, 2.05) is 30.5 Å². The number of rotatable bonds is 7. The molecular formula is C15H18N2O2S3. The summed E-state index contributed by atoms with van der Waals surface area (Å²) in [5.74, 6) is 0.528. The molecule has 118 valence electrons. The normalized spacial score (nSPS) is 14.5. The minimum Gasteiger partial charge on any atom is -0.326 e. The highest BCUT2D eigenvalue weighted by molar-refractivity contribution is 8.23. The molecule has 1 aromatic carbocycles. The molecule has 7 heteroatoms.